The number of hydrogen-bond donors (Lipinski definition) is 0. The molecule has 1 amide bonds. The van der Waals surface area contributed by atoms with E-state index in [0.717, 1.165) is 6.07 Å². The molecular weight excluding hydrogens is 369 g/mol. The number of likely N-dealkylation sites (tertiary alicyclic amines) is 1. The zero-order valence-corrected chi connectivity index (χ0v) is 14.4. The molecule has 3 rings (SSSR count). The first-order valence-electron chi connectivity index (χ1n) is 8.08. The molecule has 138 valence electrons. The van der Waals surface area contributed by atoms with Crippen LogP contribution in [0.1, 0.15) is 28.8 Å². The molecule has 2 heterocycles. The van der Waals surface area contributed by atoms with Gasteiger partial charge in [-0.05, 0) is 25.0 Å². The second-order valence-corrected chi connectivity index (χ2v) is 6.39. The number of rotatable bonds is 3. The minimum absolute atomic E-state index is 0.198. The molecule has 2 aromatic rings. The fourth-order valence-electron chi connectivity index (χ4n) is 2.94. The van der Waals surface area contributed by atoms with Crippen LogP contribution in [0.5, 0.6) is 5.75 Å². The Labute approximate surface area is 153 Å². The summed E-state index contributed by atoms with van der Waals surface area (Å²) in [6.45, 7) is 0.582. The third-order valence-electron chi connectivity index (χ3n) is 4.16. The maximum Gasteiger partial charge on any atom is 0.417 e. The lowest BCUT2D eigenvalue weighted by atomic mass is 10.0. The molecule has 0 radical (unpaired) electrons. The van der Waals surface area contributed by atoms with E-state index in [1.807, 2.05) is 0 Å². The van der Waals surface area contributed by atoms with Crippen molar-refractivity contribution in [3.63, 3.8) is 0 Å². The Balaban J connectivity index is 1.76. The van der Waals surface area contributed by atoms with Crippen LogP contribution in [-0.4, -0.2) is 35.0 Å². The first-order valence-corrected chi connectivity index (χ1v) is 8.45. The second kappa shape index (κ2) is 7.53. The van der Waals surface area contributed by atoms with Gasteiger partial charge in [0.05, 0.1) is 17.7 Å². The highest BCUT2D eigenvalue weighted by atomic mass is 35.5. The summed E-state index contributed by atoms with van der Waals surface area (Å²) in [6, 6.07) is 6.43. The van der Waals surface area contributed by atoms with Crippen molar-refractivity contribution in [3.05, 3.63) is 58.9 Å². The van der Waals surface area contributed by atoms with Gasteiger partial charge in [0.25, 0.3) is 5.91 Å². The summed E-state index contributed by atoms with van der Waals surface area (Å²) in [6.07, 6.45) is -0.626. The molecule has 1 atom stereocenters. The van der Waals surface area contributed by atoms with Gasteiger partial charge in [-0.1, -0.05) is 23.7 Å². The fourth-order valence-corrected chi connectivity index (χ4v) is 3.11. The number of carbonyl (C=O) groups is 1. The van der Waals surface area contributed by atoms with Gasteiger partial charge in [-0.2, -0.15) is 13.2 Å². The molecule has 0 spiro atoms. The molecule has 8 heteroatoms. The number of hydrogen-bond acceptors (Lipinski definition) is 3. The molecule has 0 saturated carbocycles. The first-order chi connectivity index (χ1) is 12.4. The number of alkyl halides is 3. The Kier molecular flexibility index (Phi) is 5.36. The Morgan fingerprint density at radius 2 is 2.04 bits per heavy atom. The summed E-state index contributed by atoms with van der Waals surface area (Å²) >= 11 is 6.02. The average Bonchev–Trinajstić information content (AvgIpc) is 2.62. The van der Waals surface area contributed by atoms with Crippen LogP contribution in [0, 0.1) is 0 Å². The number of ether oxygens (including phenoxy) is 1. The molecule has 1 fully saturated rings. The van der Waals surface area contributed by atoms with E-state index in [-0.39, 0.29) is 18.2 Å². The highest BCUT2D eigenvalue weighted by Gasteiger charge is 2.36. The predicted molar refractivity (Wildman–Crippen MR) is 90.2 cm³/mol. The molecular formula is C18H16ClF3N2O2. The summed E-state index contributed by atoms with van der Waals surface area (Å²) in [4.78, 5) is 17.9. The van der Waals surface area contributed by atoms with Gasteiger partial charge < -0.3 is 9.64 Å². The van der Waals surface area contributed by atoms with Gasteiger partial charge in [-0.3, -0.25) is 9.78 Å². The van der Waals surface area contributed by atoms with E-state index >= 15 is 0 Å². The predicted octanol–water partition coefficient (Wildman–Crippen LogP) is 4.44. The first kappa shape index (κ1) is 18.5. The summed E-state index contributed by atoms with van der Waals surface area (Å²) in [5.41, 5.74) is -1.27. The number of nitrogens with zero attached hydrogens (tertiary/aromatic N) is 2. The molecule has 1 aliphatic rings. The number of halogens is 4. The monoisotopic (exact) mass is 384 g/mol. The minimum Gasteiger partial charge on any atom is -0.487 e. The van der Waals surface area contributed by atoms with Gasteiger partial charge in [0.2, 0.25) is 0 Å². The summed E-state index contributed by atoms with van der Waals surface area (Å²) in [5.74, 6) is -0.205. The van der Waals surface area contributed by atoms with Crippen molar-refractivity contribution in [2.75, 3.05) is 13.1 Å². The van der Waals surface area contributed by atoms with Crippen LogP contribution < -0.4 is 4.74 Å². The van der Waals surface area contributed by atoms with Crippen molar-refractivity contribution in [3.8, 4) is 5.75 Å². The molecule has 26 heavy (non-hydrogen) atoms. The van der Waals surface area contributed by atoms with E-state index in [2.05, 4.69) is 4.98 Å². The highest BCUT2D eigenvalue weighted by molar-refractivity contribution is 6.31. The molecule has 0 unspecified atom stereocenters. The van der Waals surface area contributed by atoms with E-state index in [0.29, 0.717) is 30.2 Å². The second-order valence-electron chi connectivity index (χ2n) is 5.98. The van der Waals surface area contributed by atoms with Crippen molar-refractivity contribution in [1.29, 1.82) is 0 Å². The zero-order valence-electron chi connectivity index (χ0n) is 13.7. The van der Waals surface area contributed by atoms with E-state index in [9.17, 15) is 18.0 Å². The van der Waals surface area contributed by atoms with Gasteiger partial charge in [-0.25, -0.2) is 0 Å². The third-order valence-corrected chi connectivity index (χ3v) is 4.44. The van der Waals surface area contributed by atoms with Crippen LogP contribution in [0.25, 0.3) is 0 Å². The number of aromatic nitrogens is 1. The van der Waals surface area contributed by atoms with Gasteiger partial charge in [0.15, 0.2) is 0 Å². The van der Waals surface area contributed by atoms with Gasteiger partial charge >= 0.3 is 6.18 Å². The lowest BCUT2D eigenvalue weighted by Gasteiger charge is -2.33. The van der Waals surface area contributed by atoms with Crippen LogP contribution in [0.2, 0.25) is 5.02 Å². The van der Waals surface area contributed by atoms with E-state index in [4.69, 9.17) is 16.3 Å². The molecule has 0 bridgehead atoms. The molecule has 1 aliphatic heterocycles. The third kappa shape index (κ3) is 4.09. The van der Waals surface area contributed by atoms with Gasteiger partial charge in [0.1, 0.15) is 16.9 Å². The molecule has 1 aromatic heterocycles. The maximum absolute atomic E-state index is 13.2. The summed E-state index contributed by atoms with van der Waals surface area (Å²) in [7, 11) is 0. The average molecular weight is 385 g/mol. The minimum atomic E-state index is -4.58. The molecule has 4 nitrogen and oxygen atoms in total. The van der Waals surface area contributed by atoms with Crippen LogP contribution in [-0.2, 0) is 6.18 Å². The molecule has 1 saturated heterocycles. The van der Waals surface area contributed by atoms with Crippen molar-refractivity contribution in [1.82, 2.24) is 9.88 Å². The molecule has 0 aliphatic carbocycles. The number of amides is 1. The van der Waals surface area contributed by atoms with E-state index < -0.39 is 17.6 Å². The summed E-state index contributed by atoms with van der Waals surface area (Å²) in [5, 5.41) is 0.346. The topological polar surface area (TPSA) is 42.4 Å². The standard InChI is InChI=1S/C18H16ClF3N2O2/c19-15-10-23-8-7-16(15)26-12-4-3-9-24(11-12)17(25)13-5-1-2-6-14(13)18(20,21)22/h1-2,5-8,10,12H,3-4,9,11H2/t12-/m0/s1. The Hall–Kier alpha value is -2.28. The highest BCUT2D eigenvalue weighted by Crippen LogP contribution is 2.33. The van der Waals surface area contributed by atoms with Crippen molar-refractivity contribution in [2.24, 2.45) is 0 Å². The number of benzene rings is 1. The van der Waals surface area contributed by atoms with Crippen molar-refractivity contribution in [2.45, 2.75) is 25.1 Å². The van der Waals surface area contributed by atoms with E-state index in [1.54, 1.807) is 6.07 Å². The van der Waals surface area contributed by atoms with Crippen molar-refractivity contribution < 1.29 is 22.7 Å². The quantitative estimate of drug-likeness (QED) is 0.785. The number of piperidine rings is 1. The lowest BCUT2D eigenvalue weighted by Crippen LogP contribution is -2.44. The maximum atomic E-state index is 13.2. The SMILES string of the molecule is O=C(c1ccccc1C(F)(F)F)N1CCC[C@H](Oc2ccncc2Cl)C1. The molecule has 0 N–H and O–H groups in total. The van der Waals surface area contributed by atoms with Gasteiger partial charge in [-0.15, -0.1) is 0 Å². The smallest absolute Gasteiger partial charge is 0.417 e. The van der Waals surface area contributed by atoms with Gasteiger partial charge in [0, 0.05) is 25.0 Å². The Bertz CT molecular complexity index is 798. The van der Waals surface area contributed by atoms with E-state index in [1.165, 1.54) is 35.5 Å². The number of pyridine rings is 1. The van der Waals surface area contributed by atoms with Crippen LogP contribution in [0.3, 0.4) is 0 Å². The van der Waals surface area contributed by atoms with Crippen molar-refractivity contribution >= 4 is 17.5 Å². The number of carbonyl (C=O) groups excluding carboxylic acids is 1. The molecule has 1 aromatic carbocycles. The summed E-state index contributed by atoms with van der Waals surface area (Å²) < 4.78 is 45.3. The largest absolute Gasteiger partial charge is 0.487 e. The lowest BCUT2D eigenvalue weighted by molar-refractivity contribution is -0.138. The van der Waals surface area contributed by atoms with Crippen LogP contribution in [0.4, 0.5) is 13.2 Å². The normalized spacial score (nSPS) is 17.8. The Morgan fingerprint density at radius 3 is 2.77 bits per heavy atom. The van der Waals surface area contributed by atoms with Crippen LogP contribution >= 0.6 is 11.6 Å². The van der Waals surface area contributed by atoms with Crippen LogP contribution in [0.15, 0.2) is 42.7 Å². The fraction of sp³-hybridized carbons (Fsp3) is 0.333. The zero-order chi connectivity index (χ0) is 18.7. The Morgan fingerprint density at radius 1 is 1.27 bits per heavy atom.